The van der Waals surface area contributed by atoms with E-state index in [9.17, 15) is 9.59 Å². The fourth-order valence-electron chi connectivity index (χ4n) is 1.70. The predicted octanol–water partition coefficient (Wildman–Crippen LogP) is 2.71. The van der Waals surface area contributed by atoms with Gasteiger partial charge in [0.2, 0.25) is 11.8 Å². The van der Waals surface area contributed by atoms with Crippen LogP contribution in [0, 0.1) is 5.41 Å². The van der Waals surface area contributed by atoms with Crippen molar-refractivity contribution in [3.05, 3.63) is 29.8 Å². The zero-order valence-corrected chi connectivity index (χ0v) is 14.0. The molecule has 0 bridgehead atoms. The fourth-order valence-corrected chi connectivity index (χ4v) is 1.70. The Labute approximate surface area is 132 Å². The smallest absolute Gasteiger partial charge is 0.246 e. The van der Waals surface area contributed by atoms with Gasteiger partial charge in [-0.15, -0.1) is 0 Å². The first-order valence-corrected chi connectivity index (χ1v) is 7.53. The number of para-hydroxylation sites is 1. The standard InChI is InChI=1S/C17H26N2O3/c1-6-22-11-13-9-7-8-10-14(13)19-15(20)12(2)18-16(21)17(3,4)5/h7-10,12H,6,11H2,1-5H3,(H,18,21)(H,19,20). The van der Waals surface area contributed by atoms with Crippen LogP contribution in [0.3, 0.4) is 0 Å². The lowest BCUT2D eigenvalue weighted by Crippen LogP contribution is -2.46. The number of hydrogen-bond donors (Lipinski definition) is 2. The van der Waals surface area contributed by atoms with Crippen molar-refractivity contribution in [1.82, 2.24) is 5.32 Å². The van der Waals surface area contributed by atoms with Crippen LogP contribution >= 0.6 is 0 Å². The summed E-state index contributed by atoms with van der Waals surface area (Å²) in [6.07, 6.45) is 0. The molecular weight excluding hydrogens is 280 g/mol. The van der Waals surface area contributed by atoms with Gasteiger partial charge in [0, 0.05) is 23.3 Å². The highest BCUT2D eigenvalue weighted by atomic mass is 16.5. The Kier molecular flexibility index (Phi) is 6.56. The van der Waals surface area contributed by atoms with E-state index in [1.807, 2.05) is 52.0 Å². The number of hydrogen-bond acceptors (Lipinski definition) is 3. The second kappa shape index (κ2) is 7.94. The SMILES string of the molecule is CCOCc1ccccc1NC(=O)C(C)NC(=O)C(C)(C)C. The molecule has 0 fully saturated rings. The topological polar surface area (TPSA) is 67.4 Å². The van der Waals surface area contributed by atoms with E-state index in [2.05, 4.69) is 10.6 Å². The summed E-state index contributed by atoms with van der Waals surface area (Å²) < 4.78 is 5.39. The van der Waals surface area contributed by atoms with Crippen molar-refractivity contribution in [1.29, 1.82) is 0 Å². The molecule has 22 heavy (non-hydrogen) atoms. The first-order chi connectivity index (χ1) is 10.3. The van der Waals surface area contributed by atoms with Crippen LogP contribution in [-0.2, 0) is 20.9 Å². The van der Waals surface area contributed by atoms with E-state index in [4.69, 9.17) is 4.74 Å². The molecule has 1 aromatic carbocycles. The highest BCUT2D eigenvalue weighted by Gasteiger charge is 2.25. The van der Waals surface area contributed by atoms with E-state index in [-0.39, 0.29) is 11.8 Å². The van der Waals surface area contributed by atoms with Crippen molar-refractivity contribution in [3.8, 4) is 0 Å². The van der Waals surface area contributed by atoms with Crippen molar-refractivity contribution in [3.63, 3.8) is 0 Å². The zero-order chi connectivity index (χ0) is 16.8. The molecule has 0 heterocycles. The summed E-state index contributed by atoms with van der Waals surface area (Å²) in [7, 11) is 0. The number of anilines is 1. The van der Waals surface area contributed by atoms with Crippen LogP contribution in [-0.4, -0.2) is 24.5 Å². The van der Waals surface area contributed by atoms with Crippen LogP contribution < -0.4 is 10.6 Å². The van der Waals surface area contributed by atoms with Crippen molar-refractivity contribution < 1.29 is 14.3 Å². The molecule has 0 aliphatic heterocycles. The summed E-state index contributed by atoms with van der Waals surface area (Å²) in [5.74, 6) is -0.403. The summed E-state index contributed by atoms with van der Waals surface area (Å²) in [5, 5.41) is 5.56. The molecule has 2 amide bonds. The zero-order valence-electron chi connectivity index (χ0n) is 14.0. The Bertz CT molecular complexity index is 521. The van der Waals surface area contributed by atoms with E-state index in [0.717, 1.165) is 5.56 Å². The Morgan fingerprint density at radius 3 is 2.45 bits per heavy atom. The quantitative estimate of drug-likeness (QED) is 0.849. The van der Waals surface area contributed by atoms with E-state index in [1.165, 1.54) is 0 Å². The maximum atomic E-state index is 12.2. The van der Waals surface area contributed by atoms with Crippen LogP contribution in [0.15, 0.2) is 24.3 Å². The first kappa shape index (κ1) is 18.2. The number of ether oxygens (including phenoxy) is 1. The Morgan fingerprint density at radius 1 is 1.23 bits per heavy atom. The lowest BCUT2D eigenvalue weighted by atomic mass is 9.95. The molecule has 122 valence electrons. The highest BCUT2D eigenvalue weighted by Crippen LogP contribution is 2.17. The van der Waals surface area contributed by atoms with Gasteiger partial charge in [0.05, 0.1) is 6.61 Å². The summed E-state index contributed by atoms with van der Waals surface area (Å²) in [5.41, 5.74) is 1.09. The predicted molar refractivity (Wildman–Crippen MR) is 87.5 cm³/mol. The second-order valence-electron chi connectivity index (χ2n) is 6.23. The van der Waals surface area contributed by atoms with Gasteiger partial charge in [-0.1, -0.05) is 39.0 Å². The number of carbonyl (C=O) groups excluding carboxylic acids is 2. The molecule has 0 aliphatic carbocycles. The molecular formula is C17H26N2O3. The average Bonchev–Trinajstić information content (AvgIpc) is 2.45. The van der Waals surface area contributed by atoms with Gasteiger partial charge < -0.3 is 15.4 Å². The molecule has 1 unspecified atom stereocenters. The van der Waals surface area contributed by atoms with Crippen LogP contribution in [0.4, 0.5) is 5.69 Å². The molecule has 0 radical (unpaired) electrons. The summed E-state index contributed by atoms with van der Waals surface area (Å²) >= 11 is 0. The summed E-state index contributed by atoms with van der Waals surface area (Å²) in [6.45, 7) is 10.1. The molecule has 5 heteroatoms. The summed E-state index contributed by atoms with van der Waals surface area (Å²) in [4.78, 5) is 24.2. The molecule has 2 N–H and O–H groups in total. The maximum absolute atomic E-state index is 12.2. The van der Waals surface area contributed by atoms with Crippen LogP contribution in [0.5, 0.6) is 0 Å². The van der Waals surface area contributed by atoms with Crippen molar-refractivity contribution >= 4 is 17.5 Å². The minimum Gasteiger partial charge on any atom is -0.377 e. The number of rotatable bonds is 6. The second-order valence-corrected chi connectivity index (χ2v) is 6.23. The minimum atomic E-state index is -0.605. The minimum absolute atomic E-state index is 0.155. The van der Waals surface area contributed by atoms with Gasteiger partial charge in [0.1, 0.15) is 6.04 Å². The van der Waals surface area contributed by atoms with E-state index in [0.29, 0.717) is 18.9 Å². The largest absolute Gasteiger partial charge is 0.377 e. The highest BCUT2D eigenvalue weighted by molar-refractivity contribution is 5.97. The molecule has 0 aromatic heterocycles. The Hall–Kier alpha value is -1.88. The van der Waals surface area contributed by atoms with Gasteiger partial charge in [-0.05, 0) is 19.9 Å². The van der Waals surface area contributed by atoms with E-state index >= 15 is 0 Å². The lowest BCUT2D eigenvalue weighted by molar-refractivity contribution is -0.131. The van der Waals surface area contributed by atoms with Gasteiger partial charge in [0.15, 0.2) is 0 Å². The molecule has 1 aromatic rings. The number of benzene rings is 1. The monoisotopic (exact) mass is 306 g/mol. The van der Waals surface area contributed by atoms with Gasteiger partial charge >= 0.3 is 0 Å². The van der Waals surface area contributed by atoms with Gasteiger partial charge in [-0.3, -0.25) is 9.59 Å². The summed E-state index contributed by atoms with van der Waals surface area (Å²) in [6, 6.07) is 6.87. The van der Waals surface area contributed by atoms with E-state index < -0.39 is 11.5 Å². The molecule has 1 atom stereocenters. The molecule has 0 spiro atoms. The maximum Gasteiger partial charge on any atom is 0.246 e. The molecule has 0 saturated carbocycles. The van der Waals surface area contributed by atoms with Gasteiger partial charge in [0.25, 0.3) is 0 Å². The van der Waals surface area contributed by atoms with Gasteiger partial charge in [-0.25, -0.2) is 0 Å². The van der Waals surface area contributed by atoms with Crippen molar-refractivity contribution in [2.75, 3.05) is 11.9 Å². The number of nitrogens with one attached hydrogen (secondary N) is 2. The van der Waals surface area contributed by atoms with Crippen LogP contribution in [0.25, 0.3) is 0 Å². The molecule has 0 saturated heterocycles. The number of carbonyl (C=O) groups is 2. The third-order valence-electron chi connectivity index (χ3n) is 3.16. The van der Waals surface area contributed by atoms with Gasteiger partial charge in [-0.2, -0.15) is 0 Å². The van der Waals surface area contributed by atoms with Crippen LogP contribution in [0.1, 0.15) is 40.2 Å². The third kappa shape index (κ3) is 5.48. The number of amides is 2. The fraction of sp³-hybridized carbons (Fsp3) is 0.529. The molecule has 1 rings (SSSR count). The normalized spacial score (nSPS) is 12.6. The Balaban J connectivity index is 2.70. The Morgan fingerprint density at radius 2 is 1.86 bits per heavy atom. The third-order valence-corrected chi connectivity index (χ3v) is 3.16. The van der Waals surface area contributed by atoms with E-state index in [1.54, 1.807) is 6.92 Å². The molecule has 5 nitrogen and oxygen atoms in total. The van der Waals surface area contributed by atoms with Crippen LogP contribution in [0.2, 0.25) is 0 Å². The first-order valence-electron chi connectivity index (χ1n) is 7.53. The lowest BCUT2D eigenvalue weighted by Gasteiger charge is -2.22. The molecule has 0 aliphatic rings. The van der Waals surface area contributed by atoms with Crippen molar-refractivity contribution in [2.24, 2.45) is 5.41 Å². The average molecular weight is 306 g/mol. The van der Waals surface area contributed by atoms with Crippen molar-refractivity contribution in [2.45, 2.75) is 47.3 Å².